The number of hydrogen-bond acceptors (Lipinski definition) is 7. The van der Waals surface area contributed by atoms with Crippen LogP contribution in [0.25, 0.3) is 0 Å². The standard InChI is InChI=1S/C18H23N3O6S2/c1-26-10-8-21(9-11-27-2)29(24,25)14-5-3-13(4-6-14)17(23)20-18-15(16(19)22)7-12-28-18/h3-7,12H,8-11H2,1-2H3,(H2,19,22)(H,20,23). The highest BCUT2D eigenvalue weighted by Gasteiger charge is 2.24. The molecule has 0 aliphatic heterocycles. The van der Waals surface area contributed by atoms with E-state index >= 15 is 0 Å². The van der Waals surface area contributed by atoms with Gasteiger partial charge in [0.05, 0.1) is 23.7 Å². The number of carbonyl (C=O) groups is 2. The molecule has 0 aliphatic carbocycles. The number of amides is 2. The predicted octanol–water partition coefficient (Wildman–Crippen LogP) is 1.38. The van der Waals surface area contributed by atoms with E-state index in [4.69, 9.17) is 15.2 Å². The average Bonchev–Trinajstić information content (AvgIpc) is 3.16. The first-order valence-corrected chi connectivity index (χ1v) is 10.9. The summed E-state index contributed by atoms with van der Waals surface area (Å²) in [5, 5.41) is 4.59. The number of nitrogens with zero attached hydrogens (tertiary/aromatic N) is 1. The average molecular weight is 442 g/mol. The van der Waals surface area contributed by atoms with Gasteiger partial charge in [0.2, 0.25) is 10.0 Å². The molecule has 1 heterocycles. The molecule has 0 aliphatic rings. The Morgan fingerprint density at radius 1 is 1.07 bits per heavy atom. The fourth-order valence-electron chi connectivity index (χ4n) is 2.44. The molecule has 11 heteroatoms. The Labute approximate surface area is 173 Å². The number of rotatable bonds is 11. The van der Waals surface area contributed by atoms with Gasteiger partial charge < -0.3 is 20.5 Å². The molecule has 2 aromatic rings. The second-order valence-corrected chi connectivity index (χ2v) is 8.75. The molecule has 1 aromatic heterocycles. The monoisotopic (exact) mass is 441 g/mol. The van der Waals surface area contributed by atoms with Crippen LogP contribution in [0.3, 0.4) is 0 Å². The van der Waals surface area contributed by atoms with Gasteiger partial charge in [-0.2, -0.15) is 4.31 Å². The topological polar surface area (TPSA) is 128 Å². The number of sulfonamides is 1. The minimum atomic E-state index is -3.77. The normalized spacial score (nSPS) is 11.6. The van der Waals surface area contributed by atoms with E-state index in [0.29, 0.717) is 5.00 Å². The second-order valence-electron chi connectivity index (χ2n) is 5.90. The maximum atomic E-state index is 12.9. The van der Waals surface area contributed by atoms with Crippen molar-refractivity contribution in [1.29, 1.82) is 0 Å². The SMILES string of the molecule is COCCN(CCOC)S(=O)(=O)c1ccc(C(=O)Nc2sccc2C(N)=O)cc1. The number of carbonyl (C=O) groups excluding carboxylic acids is 2. The number of thiophene rings is 1. The summed E-state index contributed by atoms with van der Waals surface area (Å²) >= 11 is 1.17. The van der Waals surface area contributed by atoms with Gasteiger partial charge in [0, 0.05) is 32.9 Å². The molecule has 0 fully saturated rings. The zero-order valence-electron chi connectivity index (χ0n) is 16.1. The summed E-state index contributed by atoms with van der Waals surface area (Å²) in [6.07, 6.45) is 0. The third-order valence-corrected chi connectivity index (χ3v) is 6.74. The largest absolute Gasteiger partial charge is 0.383 e. The maximum absolute atomic E-state index is 12.9. The van der Waals surface area contributed by atoms with Crippen molar-refractivity contribution in [2.75, 3.05) is 45.8 Å². The number of anilines is 1. The molecule has 0 unspecified atom stereocenters. The van der Waals surface area contributed by atoms with E-state index in [1.807, 2.05) is 0 Å². The number of benzene rings is 1. The van der Waals surface area contributed by atoms with Crippen LogP contribution in [0.15, 0.2) is 40.6 Å². The summed E-state index contributed by atoms with van der Waals surface area (Å²) < 4.78 is 37.0. The zero-order chi connectivity index (χ0) is 21.4. The van der Waals surface area contributed by atoms with Gasteiger partial charge in [0.1, 0.15) is 5.00 Å². The Kier molecular flexibility index (Phi) is 8.29. The van der Waals surface area contributed by atoms with Crippen molar-refractivity contribution in [1.82, 2.24) is 4.31 Å². The van der Waals surface area contributed by atoms with Crippen LogP contribution in [-0.4, -0.2) is 65.1 Å². The number of nitrogens with one attached hydrogen (secondary N) is 1. The number of hydrogen-bond donors (Lipinski definition) is 2. The van der Waals surface area contributed by atoms with Crippen LogP contribution in [0.4, 0.5) is 5.00 Å². The van der Waals surface area contributed by atoms with E-state index in [1.54, 1.807) is 5.38 Å². The molecule has 0 radical (unpaired) electrons. The highest BCUT2D eigenvalue weighted by Crippen LogP contribution is 2.24. The molecular formula is C18H23N3O6S2. The van der Waals surface area contributed by atoms with Gasteiger partial charge in [0.25, 0.3) is 11.8 Å². The van der Waals surface area contributed by atoms with Gasteiger partial charge in [-0.3, -0.25) is 9.59 Å². The third kappa shape index (κ3) is 5.84. The number of nitrogens with two attached hydrogens (primary N) is 1. The Hall–Kier alpha value is -2.31. The molecule has 9 nitrogen and oxygen atoms in total. The van der Waals surface area contributed by atoms with E-state index in [1.165, 1.54) is 60.2 Å². The predicted molar refractivity (Wildman–Crippen MR) is 110 cm³/mol. The number of ether oxygens (including phenoxy) is 2. The van der Waals surface area contributed by atoms with Crippen molar-refractivity contribution >= 4 is 38.2 Å². The lowest BCUT2D eigenvalue weighted by atomic mass is 10.2. The summed E-state index contributed by atoms with van der Waals surface area (Å²) in [6, 6.07) is 7.06. The molecule has 1 aromatic carbocycles. The lowest BCUT2D eigenvalue weighted by Gasteiger charge is -2.21. The van der Waals surface area contributed by atoms with Crippen molar-refractivity contribution in [3.8, 4) is 0 Å². The van der Waals surface area contributed by atoms with Gasteiger partial charge in [-0.25, -0.2) is 8.42 Å². The zero-order valence-corrected chi connectivity index (χ0v) is 17.7. The minimum Gasteiger partial charge on any atom is -0.383 e. The van der Waals surface area contributed by atoms with Crippen molar-refractivity contribution < 1.29 is 27.5 Å². The molecule has 0 bridgehead atoms. The summed E-state index contributed by atoms with van der Waals surface area (Å²) in [4.78, 5) is 23.8. The first kappa shape index (κ1) is 23.0. The van der Waals surface area contributed by atoms with Crippen LogP contribution in [0.1, 0.15) is 20.7 Å². The quantitative estimate of drug-likeness (QED) is 0.542. The Morgan fingerprint density at radius 2 is 1.66 bits per heavy atom. The van der Waals surface area contributed by atoms with E-state index in [-0.39, 0.29) is 42.3 Å². The summed E-state index contributed by atoms with van der Waals surface area (Å²) in [5.74, 6) is -1.12. The molecule has 0 saturated heterocycles. The van der Waals surface area contributed by atoms with Crippen LogP contribution < -0.4 is 11.1 Å². The van der Waals surface area contributed by atoms with E-state index in [2.05, 4.69) is 5.32 Å². The Morgan fingerprint density at radius 3 is 2.17 bits per heavy atom. The van der Waals surface area contributed by atoms with Crippen molar-refractivity contribution in [2.24, 2.45) is 5.73 Å². The van der Waals surface area contributed by atoms with Crippen molar-refractivity contribution in [2.45, 2.75) is 4.90 Å². The summed E-state index contributed by atoms with van der Waals surface area (Å²) in [7, 11) is -0.790. The second kappa shape index (κ2) is 10.5. The Bertz CT molecular complexity index is 933. The molecule has 29 heavy (non-hydrogen) atoms. The van der Waals surface area contributed by atoms with E-state index < -0.39 is 21.8 Å². The van der Waals surface area contributed by atoms with Crippen molar-refractivity contribution in [3.05, 3.63) is 46.8 Å². The minimum absolute atomic E-state index is 0.0511. The number of methoxy groups -OCH3 is 2. The van der Waals surface area contributed by atoms with E-state index in [0.717, 1.165) is 0 Å². The van der Waals surface area contributed by atoms with Crippen LogP contribution in [0, 0.1) is 0 Å². The molecule has 2 amide bonds. The molecule has 3 N–H and O–H groups in total. The molecule has 0 atom stereocenters. The van der Waals surface area contributed by atoms with Gasteiger partial charge in [-0.15, -0.1) is 11.3 Å². The number of primary amides is 1. The fraction of sp³-hybridized carbons (Fsp3) is 0.333. The van der Waals surface area contributed by atoms with Gasteiger partial charge in [-0.05, 0) is 35.7 Å². The van der Waals surface area contributed by atoms with Gasteiger partial charge >= 0.3 is 0 Å². The van der Waals surface area contributed by atoms with Crippen LogP contribution >= 0.6 is 11.3 Å². The first-order valence-electron chi connectivity index (χ1n) is 8.58. The Balaban J connectivity index is 2.17. The molecule has 158 valence electrons. The van der Waals surface area contributed by atoms with Crippen molar-refractivity contribution in [3.63, 3.8) is 0 Å². The summed E-state index contributed by atoms with van der Waals surface area (Å²) in [5.41, 5.74) is 5.73. The lowest BCUT2D eigenvalue weighted by Crippen LogP contribution is -2.36. The lowest BCUT2D eigenvalue weighted by molar-refractivity contribution is 0.100. The van der Waals surface area contributed by atoms with E-state index in [9.17, 15) is 18.0 Å². The summed E-state index contributed by atoms with van der Waals surface area (Å²) in [6.45, 7) is 0.844. The molecule has 0 spiro atoms. The highest BCUT2D eigenvalue weighted by atomic mass is 32.2. The smallest absolute Gasteiger partial charge is 0.256 e. The van der Waals surface area contributed by atoms with Gasteiger partial charge in [-0.1, -0.05) is 0 Å². The highest BCUT2D eigenvalue weighted by molar-refractivity contribution is 7.89. The van der Waals surface area contributed by atoms with Crippen LogP contribution in [0.5, 0.6) is 0 Å². The van der Waals surface area contributed by atoms with Gasteiger partial charge in [0.15, 0.2) is 0 Å². The molecule has 0 saturated carbocycles. The first-order chi connectivity index (χ1) is 13.8. The fourth-order valence-corrected chi connectivity index (χ4v) is 4.64. The van der Waals surface area contributed by atoms with Crippen LogP contribution in [-0.2, 0) is 19.5 Å². The van der Waals surface area contributed by atoms with Crippen LogP contribution in [0.2, 0.25) is 0 Å². The molecule has 2 rings (SSSR count). The molecular weight excluding hydrogens is 418 g/mol. The third-order valence-electron chi connectivity index (χ3n) is 4.00. The maximum Gasteiger partial charge on any atom is 0.256 e.